The number of esters is 1. The summed E-state index contributed by atoms with van der Waals surface area (Å²) in [6.07, 6.45) is -4.50. The predicted molar refractivity (Wildman–Crippen MR) is 65.2 cm³/mol. The van der Waals surface area contributed by atoms with Gasteiger partial charge < -0.3 is 14.2 Å². The zero-order valence-corrected chi connectivity index (χ0v) is 11.1. The molecule has 1 aromatic rings. The molecule has 0 atom stereocenters. The maximum Gasteiger partial charge on any atom is 0.422 e. The molecule has 0 amide bonds. The van der Waals surface area contributed by atoms with E-state index in [-0.39, 0.29) is 5.75 Å². The van der Waals surface area contributed by atoms with E-state index in [0.29, 0.717) is 29.6 Å². The Bertz CT molecular complexity index is 490. The molecule has 0 aromatic heterocycles. The van der Waals surface area contributed by atoms with E-state index in [1.165, 1.54) is 0 Å². The number of thioether (sulfide) groups is 1. The van der Waals surface area contributed by atoms with Crippen molar-refractivity contribution in [2.45, 2.75) is 11.1 Å². The lowest BCUT2D eigenvalue weighted by atomic mass is 10.3. The van der Waals surface area contributed by atoms with Gasteiger partial charge in [-0.25, -0.2) is 0 Å². The van der Waals surface area contributed by atoms with E-state index in [4.69, 9.17) is 9.47 Å². The summed E-state index contributed by atoms with van der Waals surface area (Å²) in [5.74, 6) is 0.0581. The molecule has 110 valence electrons. The lowest BCUT2D eigenvalue weighted by Gasteiger charge is -2.18. The second kappa shape index (κ2) is 6.25. The van der Waals surface area contributed by atoms with Gasteiger partial charge in [0.05, 0.1) is 5.75 Å². The molecule has 0 N–H and O–H groups in total. The Kier molecular flexibility index (Phi) is 4.64. The fraction of sp³-hybridized carbons (Fsp3) is 0.417. The minimum Gasteiger partial charge on any atom is -0.486 e. The van der Waals surface area contributed by atoms with Gasteiger partial charge in [0.25, 0.3) is 0 Å². The highest BCUT2D eigenvalue weighted by atomic mass is 32.2. The van der Waals surface area contributed by atoms with Gasteiger partial charge in [-0.3, -0.25) is 4.79 Å². The monoisotopic (exact) mass is 308 g/mol. The minimum absolute atomic E-state index is 0.199. The molecule has 1 aromatic carbocycles. The number of hydrogen-bond acceptors (Lipinski definition) is 5. The number of halogens is 3. The van der Waals surface area contributed by atoms with Crippen molar-refractivity contribution >= 4 is 17.7 Å². The van der Waals surface area contributed by atoms with Crippen LogP contribution >= 0.6 is 11.8 Å². The molecule has 4 nitrogen and oxygen atoms in total. The number of carbonyl (C=O) groups is 1. The van der Waals surface area contributed by atoms with Crippen LogP contribution in [0, 0.1) is 0 Å². The molecule has 0 spiro atoms. The van der Waals surface area contributed by atoms with E-state index >= 15 is 0 Å². The Morgan fingerprint density at radius 2 is 1.95 bits per heavy atom. The number of fused-ring (bicyclic) bond motifs is 1. The van der Waals surface area contributed by atoms with Gasteiger partial charge in [0.15, 0.2) is 18.1 Å². The number of carbonyl (C=O) groups excluding carboxylic acids is 1. The van der Waals surface area contributed by atoms with Crippen molar-refractivity contribution in [1.82, 2.24) is 0 Å². The Morgan fingerprint density at radius 1 is 1.25 bits per heavy atom. The van der Waals surface area contributed by atoms with Crippen LogP contribution < -0.4 is 9.47 Å². The van der Waals surface area contributed by atoms with Crippen LogP contribution in [-0.4, -0.2) is 37.7 Å². The molecular weight excluding hydrogens is 297 g/mol. The second-order valence-corrected chi connectivity index (χ2v) is 4.92. The fourth-order valence-electron chi connectivity index (χ4n) is 1.46. The maximum absolute atomic E-state index is 11.9. The quantitative estimate of drug-likeness (QED) is 0.632. The topological polar surface area (TPSA) is 44.8 Å². The first-order chi connectivity index (χ1) is 9.44. The number of alkyl halides is 3. The minimum atomic E-state index is -4.50. The van der Waals surface area contributed by atoms with Gasteiger partial charge in [-0.15, -0.1) is 11.8 Å². The van der Waals surface area contributed by atoms with Crippen LogP contribution in [0.2, 0.25) is 0 Å². The number of rotatable bonds is 4. The lowest BCUT2D eigenvalue weighted by molar-refractivity contribution is -0.184. The van der Waals surface area contributed by atoms with E-state index < -0.39 is 18.8 Å². The Morgan fingerprint density at radius 3 is 2.65 bits per heavy atom. The third-order valence-electron chi connectivity index (χ3n) is 2.27. The standard InChI is InChI=1S/C12H11F3O4S/c13-12(14,15)7-19-11(16)6-20-8-1-2-9-10(5-8)18-4-3-17-9/h1-2,5H,3-4,6-7H2. The second-order valence-electron chi connectivity index (χ2n) is 3.87. The van der Waals surface area contributed by atoms with E-state index in [2.05, 4.69) is 4.74 Å². The molecule has 0 saturated heterocycles. The first-order valence-electron chi connectivity index (χ1n) is 5.69. The molecule has 0 aliphatic carbocycles. The van der Waals surface area contributed by atoms with Crippen molar-refractivity contribution in [3.63, 3.8) is 0 Å². The van der Waals surface area contributed by atoms with Gasteiger partial charge in [-0.1, -0.05) is 0 Å². The Balaban J connectivity index is 1.83. The van der Waals surface area contributed by atoms with Crippen LogP contribution in [-0.2, 0) is 9.53 Å². The molecular formula is C12H11F3O4S. The first kappa shape index (κ1) is 14.8. The molecule has 1 aliphatic rings. The third-order valence-corrected chi connectivity index (χ3v) is 3.23. The highest BCUT2D eigenvalue weighted by Crippen LogP contribution is 2.34. The number of hydrogen-bond donors (Lipinski definition) is 0. The summed E-state index contributed by atoms with van der Waals surface area (Å²) < 4.78 is 50.3. The van der Waals surface area contributed by atoms with E-state index in [9.17, 15) is 18.0 Å². The summed E-state index contributed by atoms with van der Waals surface area (Å²) in [7, 11) is 0. The van der Waals surface area contributed by atoms with Gasteiger partial charge >= 0.3 is 12.1 Å². The molecule has 2 rings (SSSR count). The average Bonchev–Trinajstić information content (AvgIpc) is 2.42. The van der Waals surface area contributed by atoms with Crippen molar-refractivity contribution in [3.8, 4) is 11.5 Å². The number of ether oxygens (including phenoxy) is 3. The summed E-state index contributed by atoms with van der Waals surface area (Å²) in [4.78, 5) is 11.8. The van der Waals surface area contributed by atoms with Gasteiger partial charge in [-0.05, 0) is 18.2 Å². The molecule has 8 heteroatoms. The SMILES string of the molecule is O=C(CSc1ccc2c(c1)OCCO2)OCC(F)(F)F. The normalized spacial score (nSPS) is 13.9. The highest BCUT2D eigenvalue weighted by molar-refractivity contribution is 8.00. The van der Waals surface area contributed by atoms with E-state index in [1.54, 1.807) is 18.2 Å². The molecule has 0 saturated carbocycles. The van der Waals surface area contributed by atoms with Crippen LogP contribution in [0.1, 0.15) is 0 Å². The van der Waals surface area contributed by atoms with Crippen LogP contribution in [0.15, 0.2) is 23.1 Å². The first-order valence-corrected chi connectivity index (χ1v) is 6.67. The van der Waals surface area contributed by atoms with Crippen molar-refractivity contribution in [2.75, 3.05) is 25.6 Å². The van der Waals surface area contributed by atoms with Crippen LogP contribution in [0.25, 0.3) is 0 Å². The molecule has 1 heterocycles. The van der Waals surface area contributed by atoms with E-state index in [0.717, 1.165) is 11.8 Å². The van der Waals surface area contributed by atoms with Gasteiger partial charge in [0.1, 0.15) is 13.2 Å². The molecule has 20 heavy (non-hydrogen) atoms. The summed E-state index contributed by atoms with van der Waals surface area (Å²) in [5.41, 5.74) is 0. The summed E-state index contributed by atoms with van der Waals surface area (Å²) >= 11 is 1.07. The zero-order valence-electron chi connectivity index (χ0n) is 10.2. The average molecular weight is 308 g/mol. The highest BCUT2D eigenvalue weighted by Gasteiger charge is 2.29. The Hall–Kier alpha value is -1.57. The van der Waals surface area contributed by atoms with Crippen LogP contribution in [0.5, 0.6) is 11.5 Å². The summed E-state index contributed by atoms with van der Waals surface area (Å²) in [6.45, 7) is -0.647. The maximum atomic E-state index is 11.9. The molecule has 0 fully saturated rings. The molecule has 0 radical (unpaired) electrons. The zero-order chi connectivity index (χ0) is 14.6. The van der Waals surface area contributed by atoms with Crippen LogP contribution in [0.3, 0.4) is 0 Å². The summed E-state index contributed by atoms with van der Waals surface area (Å²) in [5, 5.41) is 0. The molecule has 0 unspecified atom stereocenters. The van der Waals surface area contributed by atoms with Gasteiger partial charge in [0.2, 0.25) is 0 Å². The van der Waals surface area contributed by atoms with Crippen molar-refractivity contribution in [1.29, 1.82) is 0 Å². The largest absolute Gasteiger partial charge is 0.486 e. The summed E-state index contributed by atoms with van der Waals surface area (Å²) in [6, 6.07) is 5.07. The van der Waals surface area contributed by atoms with Crippen molar-refractivity contribution in [3.05, 3.63) is 18.2 Å². The number of benzene rings is 1. The fourth-order valence-corrected chi connectivity index (χ4v) is 2.18. The smallest absolute Gasteiger partial charge is 0.422 e. The predicted octanol–water partition coefficient (Wildman–Crippen LogP) is 2.66. The van der Waals surface area contributed by atoms with E-state index in [1.807, 2.05) is 0 Å². The van der Waals surface area contributed by atoms with Crippen LogP contribution in [0.4, 0.5) is 13.2 Å². The van der Waals surface area contributed by atoms with Gasteiger partial charge in [0, 0.05) is 4.90 Å². The lowest BCUT2D eigenvalue weighted by Crippen LogP contribution is -2.21. The third kappa shape index (κ3) is 4.52. The van der Waals surface area contributed by atoms with Crippen molar-refractivity contribution < 1.29 is 32.2 Å². The Labute approximate surface area is 117 Å². The molecule has 1 aliphatic heterocycles. The van der Waals surface area contributed by atoms with Gasteiger partial charge in [-0.2, -0.15) is 13.2 Å². The van der Waals surface area contributed by atoms with Crippen molar-refractivity contribution in [2.24, 2.45) is 0 Å². The molecule has 0 bridgehead atoms.